The van der Waals surface area contributed by atoms with Gasteiger partial charge in [0, 0.05) is 6.07 Å². The van der Waals surface area contributed by atoms with Gasteiger partial charge in [-0.2, -0.15) is 0 Å². The van der Waals surface area contributed by atoms with Crippen LogP contribution in [0.4, 0.5) is 5.69 Å². The van der Waals surface area contributed by atoms with E-state index in [1.54, 1.807) is 17.6 Å². The monoisotopic (exact) mass is 219 g/mol. The molecule has 2 rings (SSSR count). The molecule has 0 bridgehead atoms. The zero-order valence-electron chi connectivity index (χ0n) is 8.97. The van der Waals surface area contributed by atoms with Crippen molar-refractivity contribution in [1.82, 2.24) is 9.78 Å². The van der Waals surface area contributed by atoms with E-state index in [1.165, 1.54) is 4.68 Å². The first-order valence-electron chi connectivity index (χ1n) is 4.75. The number of aromatic nitrogens is 3. The number of H-pyrrole nitrogens is 1. The Morgan fingerprint density at radius 3 is 2.75 bits per heavy atom. The van der Waals surface area contributed by atoms with Crippen LogP contribution in [0.5, 0.6) is 0 Å². The molecule has 0 unspecified atom stereocenters. The van der Waals surface area contributed by atoms with E-state index in [0.29, 0.717) is 11.5 Å². The van der Waals surface area contributed by atoms with Crippen LogP contribution in [0.25, 0.3) is 5.82 Å². The number of nitrogens with one attached hydrogen (secondary N) is 1. The quantitative estimate of drug-likeness (QED) is 0.596. The number of aromatic amines is 1. The molecule has 0 aliphatic heterocycles. The highest BCUT2D eigenvalue weighted by molar-refractivity contribution is 5.40. The molecule has 82 valence electrons. The first-order chi connectivity index (χ1) is 7.65. The third-order valence-corrected chi connectivity index (χ3v) is 2.39. The van der Waals surface area contributed by atoms with Gasteiger partial charge in [-0.05, 0) is 18.2 Å². The summed E-state index contributed by atoms with van der Waals surface area (Å²) in [6.45, 7) is 1.64. The van der Waals surface area contributed by atoms with E-state index < -0.39 is 5.56 Å². The molecule has 6 heteroatoms. The standard InChI is InChI=1S/C10H10N4O2/c1-7-9(12-16)10(15)14(11-7)8-5-3-4-6-13(8)2/h3-6H,1-2H3/p+1. The Kier molecular flexibility index (Phi) is 2.40. The van der Waals surface area contributed by atoms with Gasteiger partial charge in [0.05, 0.1) is 18.9 Å². The average Bonchev–Trinajstić information content (AvgIpc) is 2.55. The van der Waals surface area contributed by atoms with E-state index >= 15 is 0 Å². The predicted octanol–water partition coefficient (Wildman–Crippen LogP) is 0.696. The number of pyridine rings is 1. The van der Waals surface area contributed by atoms with Gasteiger partial charge in [-0.1, -0.05) is 10.7 Å². The van der Waals surface area contributed by atoms with Crippen molar-refractivity contribution >= 4 is 5.69 Å². The molecule has 1 N–H and O–H groups in total. The number of hydrogen-bond donors (Lipinski definition) is 1. The third kappa shape index (κ3) is 1.44. The fourth-order valence-electron chi connectivity index (χ4n) is 1.55. The molecule has 0 spiro atoms. The van der Waals surface area contributed by atoms with E-state index in [4.69, 9.17) is 0 Å². The Balaban J connectivity index is 2.71. The summed E-state index contributed by atoms with van der Waals surface area (Å²) in [7, 11) is 1.81. The van der Waals surface area contributed by atoms with E-state index in [-0.39, 0.29) is 5.69 Å². The van der Waals surface area contributed by atoms with Gasteiger partial charge in [-0.3, -0.25) is 0 Å². The molecule has 2 heterocycles. The fraction of sp³-hybridized carbons (Fsp3) is 0.200. The second-order valence-electron chi connectivity index (χ2n) is 3.49. The lowest BCUT2D eigenvalue weighted by molar-refractivity contribution is -0.666. The summed E-state index contributed by atoms with van der Waals surface area (Å²) in [4.78, 5) is 22.3. The van der Waals surface area contributed by atoms with Gasteiger partial charge in [-0.15, -0.1) is 4.91 Å². The lowest BCUT2D eigenvalue weighted by Crippen LogP contribution is -2.36. The summed E-state index contributed by atoms with van der Waals surface area (Å²) in [6, 6.07) is 5.43. The summed E-state index contributed by atoms with van der Waals surface area (Å²) in [6.07, 6.45) is 1.81. The number of nitrogens with zero attached hydrogens (tertiary/aromatic N) is 3. The van der Waals surface area contributed by atoms with Gasteiger partial charge in [-0.25, -0.2) is 14.5 Å². The highest BCUT2D eigenvalue weighted by Gasteiger charge is 2.20. The van der Waals surface area contributed by atoms with Crippen molar-refractivity contribution in [2.24, 2.45) is 12.2 Å². The molecular weight excluding hydrogens is 208 g/mol. The zero-order chi connectivity index (χ0) is 11.7. The summed E-state index contributed by atoms with van der Waals surface area (Å²) in [5.41, 5.74) is -0.0537. The van der Waals surface area contributed by atoms with E-state index in [1.807, 2.05) is 25.4 Å². The summed E-state index contributed by atoms with van der Waals surface area (Å²) < 4.78 is 3.07. The summed E-state index contributed by atoms with van der Waals surface area (Å²) in [5.74, 6) is 0.644. The van der Waals surface area contributed by atoms with Crippen LogP contribution in [0.3, 0.4) is 0 Å². The molecule has 0 atom stereocenters. The molecule has 0 fully saturated rings. The Hall–Kier alpha value is -2.24. The first kappa shape index (κ1) is 10.3. The minimum absolute atomic E-state index is 0.0798. The second-order valence-corrected chi connectivity index (χ2v) is 3.49. The van der Waals surface area contributed by atoms with Crippen molar-refractivity contribution in [2.75, 3.05) is 0 Å². The smallest absolute Gasteiger partial charge is 0.236 e. The third-order valence-electron chi connectivity index (χ3n) is 2.39. The Morgan fingerprint density at radius 2 is 2.19 bits per heavy atom. The van der Waals surface area contributed by atoms with Crippen LogP contribution < -0.4 is 10.1 Å². The fourth-order valence-corrected chi connectivity index (χ4v) is 1.55. The van der Waals surface area contributed by atoms with Crippen LogP contribution in [0.1, 0.15) is 5.69 Å². The van der Waals surface area contributed by atoms with Gasteiger partial charge in [0.1, 0.15) is 0 Å². The molecule has 0 radical (unpaired) electrons. The van der Waals surface area contributed by atoms with Crippen LogP contribution in [0.2, 0.25) is 0 Å². The topological polar surface area (TPSA) is 71.1 Å². The summed E-state index contributed by atoms with van der Waals surface area (Å²) in [5, 5.41) is 5.53. The highest BCUT2D eigenvalue weighted by Crippen LogP contribution is 2.10. The molecule has 2 aromatic rings. The molecule has 0 saturated carbocycles. The second kappa shape index (κ2) is 3.73. The molecule has 0 amide bonds. The van der Waals surface area contributed by atoms with Crippen molar-refractivity contribution < 1.29 is 4.57 Å². The highest BCUT2D eigenvalue weighted by atomic mass is 16.3. The van der Waals surface area contributed by atoms with Crippen LogP contribution in [0, 0.1) is 11.8 Å². The minimum atomic E-state index is -0.436. The van der Waals surface area contributed by atoms with Crippen molar-refractivity contribution in [2.45, 2.75) is 6.92 Å². The average molecular weight is 219 g/mol. The van der Waals surface area contributed by atoms with Crippen molar-refractivity contribution in [3.8, 4) is 5.82 Å². The van der Waals surface area contributed by atoms with E-state index in [0.717, 1.165) is 0 Å². The van der Waals surface area contributed by atoms with Crippen LogP contribution in [0.15, 0.2) is 34.4 Å². The van der Waals surface area contributed by atoms with E-state index in [2.05, 4.69) is 10.3 Å². The van der Waals surface area contributed by atoms with Gasteiger partial charge in [0.2, 0.25) is 5.69 Å². The maximum absolute atomic E-state index is 11.8. The first-order valence-corrected chi connectivity index (χ1v) is 4.75. The number of rotatable bonds is 2. The molecule has 16 heavy (non-hydrogen) atoms. The van der Waals surface area contributed by atoms with Crippen molar-refractivity contribution in [3.05, 3.63) is 45.4 Å². The lowest BCUT2D eigenvalue weighted by Gasteiger charge is -1.97. The molecule has 6 nitrogen and oxygen atoms in total. The van der Waals surface area contributed by atoms with Crippen LogP contribution in [-0.4, -0.2) is 9.78 Å². The largest absolute Gasteiger partial charge is 0.388 e. The maximum Gasteiger partial charge on any atom is 0.388 e. The number of aryl methyl sites for hydroxylation is 2. The Bertz CT molecular complexity index is 597. The molecule has 0 aliphatic carbocycles. The maximum atomic E-state index is 11.8. The minimum Gasteiger partial charge on any atom is -0.236 e. The summed E-state index contributed by atoms with van der Waals surface area (Å²) >= 11 is 0. The van der Waals surface area contributed by atoms with Gasteiger partial charge >= 0.3 is 11.4 Å². The van der Waals surface area contributed by atoms with Gasteiger partial charge in [0.15, 0.2) is 0 Å². The Labute approximate surface area is 91.1 Å². The Morgan fingerprint density at radius 1 is 1.44 bits per heavy atom. The molecule has 0 aromatic carbocycles. The molecule has 2 aromatic heterocycles. The van der Waals surface area contributed by atoms with Gasteiger partial charge < -0.3 is 0 Å². The van der Waals surface area contributed by atoms with Crippen molar-refractivity contribution in [3.63, 3.8) is 0 Å². The van der Waals surface area contributed by atoms with E-state index in [9.17, 15) is 9.70 Å². The molecule has 0 saturated heterocycles. The predicted molar refractivity (Wildman–Crippen MR) is 57.8 cm³/mol. The van der Waals surface area contributed by atoms with Crippen molar-refractivity contribution in [1.29, 1.82) is 0 Å². The molecule has 0 aliphatic rings. The van der Waals surface area contributed by atoms with Crippen LogP contribution in [-0.2, 0) is 7.05 Å². The van der Waals surface area contributed by atoms with Crippen LogP contribution >= 0.6 is 0 Å². The number of hydrogen-bond acceptors (Lipinski definition) is 3. The van der Waals surface area contributed by atoms with Gasteiger partial charge in [0.25, 0.3) is 0 Å². The normalized spacial score (nSPS) is 10.4. The number of nitroso groups, excluding NO2 is 1. The lowest BCUT2D eigenvalue weighted by atomic mass is 10.4. The SMILES string of the molecule is Cc1[nH]n(-c2cccc[n+]2C)c(=O)c1N=O. The molecular formula is C10H11N4O2+. The zero-order valence-corrected chi connectivity index (χ0v) is 8.97.